The van der Waals surface area contributed by atoms with Gasteiger partial charge in [0.1, 0.15) is 12.3 Å². The molecule has 0 aliphatic heterocycles. The number of hydrogen-bond acceptors (Lipinski definition) is 3. The first kappa shape index (κ1) is 20.8. The van der Waals surface area contributed by atoms with Gasteiger partial charge in [-0.05, 0) is 53.1 Å². The van der Waals surface area contributed by atoms with E-state index in [1.54, 1.807) is 0 Å². The largest absolute Gasteiger partial charge is 0.366 e. The number of nitrogens with two attached hydrogens (primary N) is 1. The molecule has 3 rings (SSSR count). The molecular formula is C22H15F3N2O3. The van der Waals surface area contributed by atoms with Gasteiger partial charge in [0.15, 0.2) is 17.5 Å². The van der Waals surface area contributed by atoms with E-state index in [9.17, 15) is 27.6 Å². The summed E-state index contributed by atoms with van der Waals surface area (Å²) < 4.78 is 40.0. The van der Waals surface area contributed by atoms with Crippen molar-refractivity contribution in [1.82, 2.24) is 5.32 Å². The van der Waals surface area contributed by atoms with E-state index in [1.165, 1.54) is 48.5 Å². The van der Waals surface area contributed by atoms with Crippen LogP contribution in [0.15, 0.2) is 60.7 Å². The Hall–Kier alpha value is -3.94. The van der Waals surface area contributed by atoms with Gasteiger partial charge in [0.2, 0.25) is 5.91 Å². The van der Waals surface area contributed by atoms with Crippen LogP contribution in [0.25, 0.3) is 11.1 Å². The maximum absolute atomic E-state index is 13.4. The lowest BCUT2D eigenvalue weighted by Gasteiger charge is -2.14. The molecule has 0 saturated carbocycles. The third kappa shape index (κ3) is 4.38. The van der Waals surface area contributed by atoms with Gasteiger partial charge < -0.3 is 15.8 Å². The van der Waals surface area contributed by atoms with Crippen LogP contribution in [-0.2, 0) is 4.79 Å². The van der Waals surface area contributed by atoms with E-state index < -0.39 is 35.3 Å². The average Bonchev–Trinajstić information content (AvgIpc) is 2.75. The number of nitrogens with one attached hydrogen (secondary N) is 1. The summed E-state index contributed by atoms with van der Waals surface area (Å²) in [4.78, 5) is 34.9. The van der Waals surface area contributed by atoms with Crippen LogP contribution in [0.1, 0.15) is 32.3 Å². The van der Waals surface area contributed by atoms with Gasteiger partial charge in [-0.2, -0.15) is 0 Å². The van der Waals surface area contributed by atoms with E-state index in [2.05, 4.69) is 5.32 Å². The number of carbonyl (C=O) groups excluding carboxylic acids is 3. The summed E-state index contributed by atoms with van der Waals surface area (Å²) in [5.41, 5.74) is 6.56. The highest BCUT2D eigenvalue weighted by atomic mass is 19.2. The van der Waals surface area contributed by atoms with Crippen molar-refractivity contribution in [2.24, 2.45) is 5.73 Å². The summed E-state index contributed by atoms with van der Waals surface area (Å²) in [6.45, 7) is 0. The second-order valence-electron chi connectivity index (χ2n) is 6.40. The third-order valence-electron chi connectivity index (χ3n) is 4.44. The number of carbonyl (C=O) groups is 3. The normalized spacial score (nSPS) is 11.6. The summed E-state index contributed by atoms with van der Waals surface area (Å²) in [7, 11) is 0. The zero-order valence-corrected chi connectivity index (χ0v) is 15.4. The minimum absolute atomic E-state index is 0.124. The Morgan fingerprint density at radius 3 is 1.87 bits per heavy atom. The van der Waals surface area contributed by atoms with Crippen LogP contribution in [0, 0.1) is 17.5 Å². The first-order valence-corrected chi connectivity index (χ1v) is 8.71. The smallest absolute Gasteiger partial charge is 0.252 e. The molecule has 0 radical (unpaired) electrons. The summed E-state index contributed by atoms with van der Waals surface area (Å²) in [5, 5.41) is 2.54. The average molecular weight is 412 g/mol. The number of halogens is 3. The number of amides is 2. The molecule has 1 atom stereocenters. The Morgan fingerprint density at radius 2 is 1.37 bits per heavy atom. The van der Waals surface area contributed by atoms with Crippen molar-refractivity contribution in [2.75, 3.05) is 0 Å². The van der Waals surface area contributed by atoms with Gasteiger partial charge >= 0.3 is 0 Å². The molecule has 3 aromatic carbocycles. The number of benzene rings is 3. The Bertz CT molecular complexity index is 1090. The number of aldehydes is 1. The van der Waals surface area contributed by atoms with E-state index in [0.29, 0.717) is 17.4 Å². The summed E-state index contributed by atoms with van der Waals surface area (Å²) in [5.74, 6) is -5.35. The van der Waals surface area contributed by atoms with Crippen LogP contribution >= 0.6 is 0 Å². The summed E-state index contributed by atoms with van der Waals surface area (Å²) in [6, 6.07) is 12.3. The zero-order valence-electron chi connectivity index (χ0n) is 15.4. The lowest BCUT2D eigenvalue weighted by Crippen LogP contribution is -2.29. The number of primary amides is 1. The van der Waals surface area contributed by atoms with E-state index in [-0.39, 0.29) is 16.7 Å². The molecule has 1 unspecified atom stereocenters. The molecule has 0 bridgehead atoms. The van der Waals surface area contributed by atoms with Crippen molar-refractivity contribution in [2.45, 2.75) is 6.04 Å². The zero-order chi connectivity index (χ0) is 21.8. The standard InChI is InChI=1S/C22H15F3N2O3/c23-17-9-16(10-18(24)20(17)25)12-1-3-13(4-2-12)19(11-28)27-22(30)15-7-5-14(6-8-15)21(26)29/h1-11,19H,(H2,26,29)(H,27,30). The monoisotopic (exact) mass is 412 g/mol. The SMILES string of the molecule is NC(=O)c1ccc(C(=O)NC(C=O)c2ccc(-c3cc(F)c(F)c(F)c3)cc2)cc1. The Morgan fingerprint density at radius 1 is 0.833 bits per heavy atom. The van der Waals surface area contributed by atoms with Crippen LogP contribution in [0.2, 0.25) is 0 Å². The second-order valence-corrected chi connectivity index (χ2v) is 6.40. The predicted molar refractivity (Wildman–Crippen MR) is 103 cm³/mol. The minimum atomic E-state index is -1.55. The highest BCUT2D eigenvalue weighted by Crippen LogP contribution is 2.25. The molecule has 3 N–H and O–H groups in total. The van der Waals surface area contributed by atoms with Gasteiger partial charge in [-0.25, -0.2) is 13.2 Å². The van der Waals surface area contributed by atoms with Crippen LogP contribution in [-0.4, -0.2) is 18.1 Å². The van der Waals surface area contributed by atoms with E-state index >= 15 is 0 Å². The van der Waals surface area contributed by atoms with Gasteiger partial charge in [0, 0.05) is 11.1 Å². The molecule has 0 fully saturated rings. The molecule has 2 amide bonds. The molecule has 0 saturated heterocycles. The van der Waals surface area contributed by atoms with E-state index in [1.807, 2.05) is 0 Å². The Labute approximate surface area is 169 Å². The predicted octanol–water partition coefficient (Wildman–Crippen LogP) is 3.54. The van der Waals surface area contributed by atoms with Crippen LogP contribution < -0.4 is 11.1 Å². The van der Waals surface area contributed by atoms with Crippen molar-refractivity contribution >= 4 is 18.1 Å². The molecule has 0 aromatic heterocycles. The van der Waals surface area contributed by atoms with Gasteiger partial charge in [-0.15, -0.1) is 0 Å². The maximum atomic E-state index is 13.4. The Kier molecular flexibility index (Phi) is 5.96. The van der Waals surface area contributed by atoms with Gasteiger partial charge in [-0.3, -0.25) is 9.59 Å². The molecule has 0 aliphatic rings. The van der Waals surface area contributed by atoms with Crippen molar-refractivity contribution in [3.05, 3.63) is 94.8 Å². The fourth-order valence-electron chi connectivity index (χ4n) is 2.81. The lowest BCUT2D eigenvalue weighted by atomic mass is 10.0. The molecule has 0 aliphatic carbocycles. The molecule has 5 nitrogen and oxygen atoms in total. The van der Waals surface area contributed by atoms with Crippen LogP contribution in [0.3, 0.4) is 0 Å². The first-order valence-electron chi connectivity index (χ1n) is 8.71. The van der Waals surface area contributed by atoms with E-state index in [0.717, 1.165) is 12.1 Å². The van der Waals surface area contributed by atoms with Gasteiger partial charge in [-0.1, -0.05) is 24.3 Å². The molecule has 0 spiro atoms. The molecule has 0 heterocycles. The van der Waals surface area contributed by atoms with Crippen molar-refractivity contribution in [1.29, 1.82) is 0 Å². The summed E-state index contributed by atoms with van der Waals surface area (Å²) >= 11 is 0. The van der Waals surface area contributed by atoms with Gasteiger partial charge in [0.05, 0.1) is 0 Å². The van der Waals surface area contributed by atoms with Crippen LogP contribution in [0.4, 0.5) is 13.2 Å². The van der Waals surface area contributed by atoms with Crippen molar-refractivity contribution in [3.63, 3.8) is 0 Å². The fraction of sp³-hybridized carbons (Fsp3) is 0.0455. The maximum Gasteiger partial charge on any atom is 0.252 e. The molecule has 30 heavy (non-hydrogen) atoms. The highest BCUT2D eigenvalue weighted by Gasteiger charge is 2.16. The molecule has 8 heteroatoms. The third-order valence-corrected chi connectivity index (χ3v) is 4.44. The van der Waals surface area contributed by atoms with E-state index in [4.69, 9.17) is 5.73 Å². The number of hydrogen-bond donors (Lipinski definition) is 2. The second kappa shape index (κ2) is 8.60. The number of rotatable bonds is 6. The van der Waals surface area contributed by atoms with Gasteiger partial charge in [0.25, 0.3) is 5.91 Å². The minimum Gasteiger partial charge on any atom is -0.366 e. The molecular weight excluding hydrogens is 397 g/mol. The van der Waals surface area contributed by atoms with Crippen molar-refractivity contribution in [3.8, 4) is 11.1 Å². The lowest BCUT2D eigenvalue weighted by molar-refractivity contribution is -0.109. The first-order chi connectivity index (χ1) is 14.3. The van der Waals surface area contributed by atoms with Crippen molar-refractivity contribution < 1.29 is 27.6 Å². The highest BCUT2D eigenvalue weighted by molar-refractivity contribution is 5.98. The summed E-state index contributed by atoms with van der Waals surface area (Å²) in [6.07, 6.45) is 0.530. The fourth-order valence-corrected chi connectivity index (χ4v) is 2.81. The van der Waals surface area contributed by atoms with Crippen LogP contribution in [0.5, 0.6) is 0 Å². The molecule has 3 aromatic rings. The molecule has 152 valence electrons. The Balaban J connectivity index is 1.77. The topological polar surface area (TPSA) is 89.3 Å². The quantitative estimate of drug-likeness (QED) is 0.479.